The van der Waals surface area contributed by atoms with E-state index in [0.717, 1.165) is 37.6 Å². The van der Waals surface area contributed by atoms with Gasteiger partial charge in [-0.2, -0.15) is 21.0 Å². The summed E-state index contributed by atoms with van der Waals surface area (Å²) in [6.45, 7) is 0. The summed E-state index contributed by atoms with van der Waals surface area (Å²) in [4.78, 5) is 0.540. The Morgan fingerprint density at radius 1 is 0.567 bits per heavy atom. The third kappa shape index (κ3) is 2.12. The molecule has 0 aliphatic carbocycles. The van der Waals surface area contributed by atoms with Crippen molar-refractivity contribution in [3.63, 3.8) is 0 Å². The maximum atomic E-state index is 9.89. The van der Waals surface area contributed by atoms with Crippen molar-refractivity contribution in [2.75, 3.05) is 0 Å². The highest BCUT2D eigenvalue weighted by molar-refractivity contribution is 7.80. The summed E-state index contributed by atoms with van der Waals surface area (Å²) in [6.07, 6.45) is 0. The minimum absolute atomic E-state index is 0.438. The first-order valence-electron chi connectivity index (χ1n) is 8.88. The van der Waals surface area contributed by atoms with Crippen LogP contribution in [-0.2, 0) is 0 Å². The van der Waals surface area contributed by atoms with E-state index in [1.54, 1.807) is 24.3 Å². The Kier molecular flexibility index (Phi) is 3.83. The predicted octanol–water partition coefficient (Wildman–Crippen LogP) is 5.01. The van der Waals surface area contributed by atoms with Crippen LogP contribution in [0.25, 0.3) is 43.1 Å². The number of thiol groups is 1. The third-order valence-electron chi connectivity index (χ3n) is 5.60. The van der Waals surface area contributed by atoms with E-state index in [9.17, 15) is 21.0 Å². The monoisotopic (exact) mass is 416 g/mol. The highest BCUT2D eigenvalue weighted by atomic mass is 32.1. The molecule has 0 saturated carbocycles. The van der Waals surface area contributed by atoms with E-state index < -0.39 is 0 Å². The molecule has 1 unspecified atom stereocenters. The van der Waals surface area contributed by atoms with Crippen LogP contribution in [-0.4, -0.2) is 0 Å². The molecule has 30 heavy (non-hydrogen) atoms. The average molecular weight is 416 g/mol. The van der Waals surface area contributed by atoms with Crippen LogP contribution in [0.3, 0.4) is 0 Å². The normalized spacial score (nSPS) is 10.9. The van der Waals surface area contributed by atoms with Crippen molar-refractivity contribution < 1.29 is 0 Å². The topological polar surface area (TPSA) is 95.2 Å². The molecule has 0 saturated heterocycles. The molecule has 136 valence electrons. The molecule has 0 aliphatic heterocycles. The number of hydrogen-bond acceptors (Lipinski definition) is 5. The molecule has 5 rings (SSSR count). The summed E-state index contributed by atoms with van der Waals surface area (Å²) in [5.74, 6) is 0. The van der Waals surface area contributed by atoms with E-state index in [2.05, 4.69) is 46.1 Å². The molecule has 6 heteroatoms. The number of nitrogens with zero attached hydrogens (tertiary/aromatic N) is 4. The zero-order valence-corrected chi connectivity index (χ0v) is 17.3. The Balaban J connectivity index is 2.33. The van der Waals surface area contributed by atoms with Gasteiger partial charge in [-0.25, -0.2) is 0 Å². The number of benzene rings is 5. The second-order valence-corrected chi connectivity index (χ2v) is 8.08. The summed E-state index contributed by atoms with van der Waals surface area (Å²) in [5, 5.41) is 45.8. The van der Waals surface area contributed by atoms with Crippen molar-refractivity contribution in [1.29, 1.82) is 21.0 Å². The van der Waals surface area contributed by atoms with Gasteiger partial charge < -0.3 is 0 Å². The zero-order valence-electron chi connectivity index (χ0n) is 15.3. The van der Waals surface area contributed by atoms with Crippen LogP contribution >= 0.6 is 21.9 Å². The summed E-state index contributed by atoms with van der Waals surface area (Å²) in [7, 11) is 2.61. The Hall–Kier alpha value is -3.86. The molecule has 0 radical (unpaired) electrons. The van der Waals surface area contributed by atoms with Gasteiger partial charge in [0.15, 0.2) is 0 Å². The zero-order chi connectivity index (χ0) is 21.2. The van der Waals surface area contributed by atoms with Gasteiger partial charge in [0, 0.05) is 37.2 Å². The molecular formula is C24H9N4PS. The lowest BCUT2D eigenvalue weighted by Crippen LogP contribution is -2.02. The second kappa shape index (κ2) is 6.32. The largest absolute Gasteiger partial charge is 0.192 e. The predicted molar refractivity (Wildman–Crippen MR) is 123 cm³/mol. The van der Waals surface area contributed by atoms with Crippen LogP contribution < -0.4 is 5.30 Å². The smallest absolute Gasteiger partial charge is 0.0998 e. The molecule has 0 N–H and O–H groups in total. The number of nitriles is 4. The molecule has 0 aromatic heterocycles. The molecule has 0 fully saturated rings. The van der Waals surface area contributed by atoms with Gasteiger partial charge in [-0.1, -0.05) is 12.1 Å². The number of hydrogen-bond donors (Lipinski definition) is 1. The first kappa shape index (κ1) is 18.2. The first-order valence-corrected chi connectivity index (χ1v) is 9.91. The van der Waals surface area contributed by atoms with Gasteiger partial charge in [0.05, 0.1) is 46.5 Å². The van der Waals surface area contributed by atoms with Crippen LogP contribution in [0.5, 0.6) is 0 Å². The lowest BCUT2D eigenvalue weighted by Gasteiger charge is -2.19. The van der Waals surface area contributed by atoms with Crippen molar-refractivity contribution in [2.45, 2.75) is 4.90 Å². The fourth-order valence-electron chi connectivity index (χ4n) is 4.48. The average Bonchev–Trinajstić information content (AvgIpc) is 2.77. The highest BCUT2D eigenvalue weighted by Gasteiger charge is 2.23. The molecule has 0 bridgehead atoms. The van der Waals surface area contributed by atoms with Crippen molar-refractivity contribution in [3.05, 3.63) is 58.7 Å². The fourth-order valence-corrected chi connectivity index (χ4v) is 5.31. The minimum Gasteiger partial charge on any atom is -0.192 e. The van der Waals surface area contributed by atoms with Gasteiger partial charge in [-0.05, 0) is 40.3 Å². The maximum Gasteiger partial charge on any atom is 0.0998 e. The van der Waals surface area contributed by atoms with Crippen LogP contribution in [0, 0.1) is 45.3 Å². The molecular weight excluding hydrogens is 407 g/mol. The minimum atomic E-state index is 0.438. The molecule has 5 aromatic carbocycles. The van der Waals surface area contributed by atoms with Gasteiger partial charge >= 0.3 is 0 Å². The van der Waals surface area contributed by atoms with Crippen LogP contribution in [0.15, 0.2) is 41.3 Å². The van der Waals surface area contributed by atoms with E-state index in [0.29, 0.717) is 37.9 Å². The van der Waals surface area contributed by atoms with E-state index in [4.69, 9.17) is 0 Å². The summed E-state index contributed by atoms with van der Waals surface area (Å²) in [6, 6.07) is 19.5. The molecule has 0 aliphatic rings. The van der Waals surface area contributed by atoms with Crippen molar-refractivity contribution >= 4 is 70.3 Å². The van der Waals surface area contributed by atoms with Crippen molar-refractivity contribution in [1.82, 2.24) is 0 Å². The van der Waals surface area contributed by atoms with Crippen molar-refractivity contribution in [3.8, 4) is 24.3 Å². The summed E-state index contributed by atoms with van der Waals surface area (Å²) < 4.78 is 0. The molecule has 4 nitrogen and oxygen atoms in total. The Bertz CT molecular complexity index is 1630. The molecule has 5 aromatic rings. The van der Waals surface area contributed by atoms with E-state index in [-0.39, 0.29) is 0 Å². The third-order valence-corrected chi connectivity index (χ3v) is 6.40. The lowest BCUT2D eigenvalue weighted by molar-refractivity contribution is 1.46. The molecule has 0 spiro atoms. The fraction of sp³-hybridized carbons (Fsp3) is 0. The first-order chi connectivity index (χ1) is 14.5. The second-order valence-electron chi connectivity index (χ2n) is 6.98. The van der Waals surface area contributed by atoms with Crippen LogP contribution in [0.1, 0.15) is 22.3 Å². The molecule has 0 heterocycles. The van der Waals surface area contributed by atoms with Gasteiger partial charge in [0.1, 0.15) is 0 Å². The van der Waals surface area contributed by atoms with E-state index in [1.807, 2.05) is 12.1 Å². The summed E-state index contributed by atoms with van der Waals surface area (Å²) >= 11 is 4.57. The molecule has 0 amide bonds. The number of rotatable bonds is 0. The Morgan fingerprint density at radius 3 is 1.57 bits per heavy atom. The van der Waals surface area contributed by atoms with Crippen LogP contribution in [0.2, 0.25) is 0 Å². The van der Waals surface area contributed by atoms with E-state index in [1.165, 1.54) is 0 Å². The quantitative estimate of drug-likeness (QED) is 0.166. The van der Waals surface area contributed by atoms with E-state index >= 15 is 0 Å². The van der Waals surface area contributed by atoms with Gasteiger partial charge in [0.2, 0.25) is 0 Å². The van der Waals surface area contributed by atoms with Crippen molar-refractivity contribution in [2.24, 2.45) is 0 Å². The number of fused-ring (bicyclic) bond motifs is 2. The van der Waals surface area contributed by atoms with Crippen LogP contribution in [0.4, 0.5) is 0 Å². The van der Waals surface area contributed by atoms with Gasteiger partial charge in [0.25, 0.3) is 0 Å². The molecule has 1 atom stereocenters. The van der Waals surface area contributed by atoms with Gasteiger partial charge in [-0.3, -0.25) is 0 Å². The van der Waals surface area contributed by atoms with Gasteiger partial charge in [-0.15, -0.1) is 21.9 Å². The summed E-state index contributed by atoms with van der Waals surface area (Å²) in [5.41, 5.74) is 1.87. The Morgan fingerprint density at radius 2 is 1.03 bits per heavy atom. The lowest BCUT2D eigenvalue weighted by atomic mass is 9.84. The highest BCUT2D eigenvalue weighted by Crippen LogP contribution is 2.45. The maximum absolute atomic E-state index is 9.89. The SMILES string of the molecule is N#Cc1ccc2c3c(C#N)cc(S)c4c(C#N)ccc(c5c(C#N)cc(P)c1c25)c43. The standard InChI is InChI=1S/C24H9N4PS/c25-7-11-1-3-15-20-14(10-28)6-18(30)22-12(8-26)2-4-16(24(20)22)19-13(9-27)5-17(29)21(11)23(15)19/h1-6,30H,29H2. The Labute approximate surface area is 179 Å².